The molecule has 0 fully saturated rings. The van der Waals surface area contributed by atoms with E-state index in [9.17, 15) is 0 Å². The molecule has 0 radical (unpaired) electrons. The second kappa shape index (κ2) is 7.30. The van der Waals surface area contributed by atoms with Gasteiger partial charge in [0.2, 0.25) is 0 Å². The van der Waals surface area contributed by atoms with E-state index in [1.54, 1.807) is 0 Å². The van der Waals surface area contributed by atoms with Crippen LogP contribution in [0.2, 0.25) is 0 Å². The van der Waals surface area contributed by atoms with Gasteiger partial charge in [0.1, 0.15) is 0 Å². The molecule has 2 N–H and O–H groups in total. The second-order valence-electron chi connectivity index (χ2n) is 4.05. The molecule has 0 saturated carbocycles. The number of aliphatic hydroxyl groups is 1. The summed E-state index contributed by atoms with van der Waals surface area (Å²) in [7, 11) is 0. The van der Waals surface area contributed by atoms with E-state index in [0.717, 1.165) is 32.7 Å². The van der Waals surface area contributed by atoms with Crippen molar-refractivity contribution in [3.05, 3.63) is 0 Å². The molecule has 0 saturated heterocycles. The Morgan fingerprint density at radius 2 is 2.08 bits per heavy atom. The van der Waals surface area contributed by atoms with Gasteiger partial charge in [0.05, 0.1) is 0 Å². The van der Waals surface area contributed by atoms with Gasteiger partial charge in [0.15, 0.2) is 0 Å². The van der Waals surface area contributed by atoms with E-state index in [1.165, 1.54) is 0 Å². The highest BCUT2D eigenvalue weighted by atomic mass is 16.5. The average Bonchev–Trinajstić information content (AvgIpc) is 2.11. The second-order valence-corrected chi connectivity index (χ2v) is 4.05. The zero-order valence-electron chi connectivity index (χ0n) is 9.10. The molecule has 13 heavy (non-hydrogen) atoms. The number of ether oxygens (including phenoxy) is 1. The topological polar surface area (TPSA) is 41.5 Å². The van der Waals surface area contributed by atoms with E-state index in [0.29, 0.717) is 0 Å². The predicted molar refractivity (Wildman–Crippen MR) is 54.8 cm³/mol. The van der Waals surface area contributed by atoms with Crippen LogP contribution < -0.4 is 5.32 Å². The summed E-state index contributed by atoms with van der Waals surface area (Å²) in [4.78, 5) is 0. The van der Waals surface area contributed by atoms with Crippen LogP contribution in [-0.2, 0) is 4.74 Å². The lowest BCUT2D eigenvalue weighted by Gasteiger charge is -2.21. The van der Waals surface area contributed by atoms with Crippen molar-refractivity contribution in [2.24, 2.45) is 5.41 Å². The molecule has 0 aromatic rings. The predicted octanol–water partition coefficient (Wildman–Crippen LogP) is 1.02. The van der Waals surface area contributed by atoms with Crippen molar-refractivity contribution >= 4 is 0 Å². The number of nitrogens with one attached hydrogen (secondary N) is 1. The van der Waals surface area contributed by atoms with Gasteiger partial charge in [0.25, 0.3) is 0 Å². The minimum Gasteiger partial charge on any atom is -0.396 e. The molecule has 0 aromatic heterocycles. The molecule has 0 spiro atoms. The highest BCUT2D eigenvalue weighted by Crippen LogP contribution is 2.10. The van der Waals surface area contributed by atoms with Gasteiger partial charge in [0, 0.05) is 31.8 Å². The Morgan fingerprint density at radius 3 is 2.62 bits per heavy atom. The van der Waals surface area contributed by atoms with Gasteiger partial charge in [-0.2, -0.15) is 0 Å². The standard InChI is InChI=1S/C10H23NO2/c1-4-13-7-5-6-11-8-10(2,3)9-12/h11-12H,4-9H2,1-3H3. The fraction of sp³-hybridized carbons (Fsp3) is 1.00. The van der Waals surface area contributed by atoms with E-state index >= 15 is 0 Å². The molecule has 0 bridgehead atoms. The van der Waals surface area contributed by atoms with Crippen LogP contribution in [0.3, 0.4) is 0 Å². The highest BCUT2D eigenvalue weighted by Gasteiger charge is 2.14. The van der Waals surface area contributed by atoms with Crippen LogP contribution in [0.4, 0.5) is 0 Å². The normalized spacial score (nSPS) is 12.0. The minimum absolute atomic E-state index is 0.00832. The lowest BCUT2D eigenvalue weighted by molar-refractivity contribution is 0.138. The Kier molecular flexibility index (Phi) is 7.23. The van der Waals surface area contributed by atoms with Gasteiger partial charge in [-0.1, -0.05) is 13.8 Å². The molecule has 0 heterocycles. The molecule has 0 unspecified atom stereocenters. The van der Waals surface area contributed by atoms with Gasteiger partial charge < -0.3 is 15.2 Å². The van der Waals surface area contributed by atoms with E-state index in [2.05, 4.69) is 5.32 Å². The Morgan fingerprint density at radius 1 is 1.38 bits per heavy atom. The lowest BCUT2D eigenvalue weighted by atomic mass is 9.95. The number of rotatable bonds is 8. The smallest absolute Gasteiger partial charge is 0.0494 e. The van der Waals surface area contributed by atoms with Crippen LogP contribution in [0.1, 0.15) is 27.2 Å². The maximum atomic E-state index is 8.97. The summed E-state index contributed by atoms with van der Waals surface area (Å²) < 4.78 is 5.20. The minimum atomic E-state index is -0.00832. The average molecular weight is 189 g/mol. The fourth-order valence-corrected chi connectivity index (χ4v) is 0.926. The third-order valence-electron chi connectivity index (χ3n) is 1.88. The maximum Gasteiger partial charge on any atom is 0.0494 e. The first kappa shape index (κ1) is 12.9. The molecule has 0 aliphatic heterocycles. The first-order valence-electron chi connectivity index (χ1n) is 5.01. The lowest BCUT2D eigenvalue weighted by Crippen LogP contribution is -2.33. The first-order valence-corrected chi connectivity index (χ1v) is 5.01. The van der Waals surface area contributed by atoms with Crippen molar-refractivity contribution in [1.29, 1.82) is 0 Å². The van der Waals surface area contributed by atoms with Crippen molar-refractivity contribution in [1.82, 2.24) is 5.32 Å². The number of hydrogen-bond acceptors (Lipinski definition) is 3. The molecule has 0 aromatic carbocycles. The van der Waals surface area contributed by atoms with Crippen LogP contribution in [0.5, 0.6) is 0 Å². The molecule has 0 rings (SSSR count). The molecule has 0 atom stereocenters. The molecule has 0 aliphatic rings. The maximum absolute atomic E-state index is 8.97. The van der Waals surface area contributed by atoms with Gasteiger partial charge in [-0.05, 0) is 19.9 Å². The van der Waals surface area contributed by atoms with Gasteiger partial charge in [-0.25, -0.2) is 0 Å². The van der Waals surface area contributed by atoms with Crippen molar-refractivity contribution in [2.75, 3.05) is 32.9 Å². The SMILES string of the molecule is CCOCCCNCC(C)(C)CO. The van der Waals surface area contributed by atoms with Gasteiger partial charge in [-0.3, -0.25) is 0 Å². The summed E-state index contributed by atoms with van der Waals surface area (Å²) in [6.07, 6.45) is 1.04. The van der Waals surface area contributed by atoms with E-state index in [-0.39, 0.29) is 12.0 Å². The van der Waals surface area contributed by atoms with Crippen LogP contribution >= 0.6 is 0 Å². The zero-order chi connectivity index (χ0) is 10.2. The van der Waals surface area contributed by atoms with Crippen molar-refractivity contribution < 1.29 is 9.84 Å². The molecule has 3 nitrogen and oxygen atoms in total. The van der Waals surface area contributed by atoms with Gasteiger partial charge in [-0.15, -0.1) is 0 Å². The molecule has 3 heteroatoms. The van der Waals surface area contributed by atoms with Crippen LogP contribution in [0.25, 0.3) is 0 Å². The number of aliphatic hydroxyl groups excluding tert-OH is 1. The summed E-state index contributed by atoms with van der Waals surface area (Å²) in [5.74, 6) is 0. The van der Waals surface area contributed by atoms with E-state index in [4.69, 9.17) is 9.84 Å². The molecule has 0 amide bonds. The summed E-state index contributed by atoms with van der Waals surface area (Å²) in [5, 5.41) is 12.3. The largest absolute Gasteiger partial charge is 0.396 e. The number of hydrogen-bond donors (Lipinski definition) is 2. The quantitative estimate of drug-likeness (QED) is 0.560. The Hall–Kier alpha value is -0.120. The van der Waals surface area contributed by atoms with Crippen molar-refractivity contribution in [3.63, 3.8) is 0 Å². The van der Waals surface area contributed by atoms with Crippen molar-refractivity contribution in [2.45, 2.75) is 27.2 Å². The highest BCUT2D eigenvalue weighted by molar-refractivity contribution is 4.69. The zero-order valence-corrected chi connectivity index (χ0v) is 9.10. The summed E-state index contributed by atoms with van der Waals surface area (Å²) in [6, 6.07) is 0. The Bertz CT molecular complexity index is 115. The van der Waals surface area contributed by atoms with E-state index in [1.807, 2.05) is 20.8 Å². The fourth-order valence-electron chi connectivity index (χ4n) is 0.926. The van der Waals surface area contributed by atoms with Crippen LogP contribution in [0, 0.1) is 5.41 Å². The van der Waals surface area contributed by atoms with E-state index < -0.39 is 0 Å². The first-order chi connectivity index (χ1) is 6.12. The van der Waals surface area contributed by atoms with Crippen LogP contribution in [0.15, 0.2) is 0 Å². The third-order valence-corrected chi connectivity index (χ3v) is 1.88. The molecule has 80 valence electrons. The van der Waals surface area contributed by atoms with Gasteiger partial charge >= 0.3 is 0 Å². The monoisotopic (exact) mass is 189 g/mol. The molecular weight excluding hydrogens is 166 g/mol. The third kappa shape index (κ3) is 8.22. The Balaban J connectivity index is 3.16. The molecular formula is C10H23NO2. The summed E-state index contributed by atoms with van der Waals surface area (Å²) in [5.41, 5.74) is -0.00832. The summed E-state index contributed by atoms with van der Waals surface area (Å²) >= 11 is 0. The van der Waals surface area contributed by atoms with Crippen LogP contribution in [-0.4, -0.2) is 38.0 Å². The molecule has 0 aliphatic carbocycles. The Labute approximate surface area is 81.5 Å². The summed E-state index contributed by atoms with van der Waals surface area (Å²) in [6.45, 7) is 9.75. The van der Waals surface area contributed by atoms with Crippen molar-refractivity contribution in [3.8, 4) is 0 Å².